The zero-order valence-corrected chi connectivity index (χ0v) is 24.3. The van der Waals surface area contributed by atoms with E-state index in [1.807, 2.05) is 78.9 Å². The van der Waals surface area contributed by atoms with Crippen LogP contribution >= 0.6 is 11.8 Å². The number of rotatable bonds is 10. The molecule has 0 spiro atoms. The average Bonchev–Trinajstić information content (AvgIpc) is 3.06. The maximum absolute atomic E-state index is 13.4. The number of thioether (sulfide) groups is 1. The average molecular weight is 602 g/mol. The molecule has 0 saturated carbocycles. The maximum atomic E-state index is 13.4. The summed E-state index contributed by atoms with van der Waals surface area (Å²) in [4.78, 5) is 40.3. The van der Waals surface area contributed by atoms with Crippen molar-refractivity contribution in [3.05, 3.63) is 168 Å². The summed E-state index contributed by atoms with van der Waals surface area (Å²) in [6, 6.07) is 40.0. The van der Waals surface area contributed by atoms with Crippen molar-refractivity contribution in [1.29, 1.82) is 0 Å². The Kier molecular flexibility index (Phi) is 9.97. The monoisotopic (exact) mass is 601 g/mol. The van der Waals surface area contributed by atoms with E-state index in [1.54, 1.807) is 42.5 Å². The molecule has 0 aliphatic heterocycles. The molecule has 218 valence electrons. The zero-order chi connectivity index (χ0) is 30.7. The molecular weight excluding hydrogens is 573 g/mol. The summed E-state index contributed by atoms with van der Waals surface area (Å²) < 4.78 is 13.4. The maximum Gasteiger partial charge on any atom is 0.272 e. The quantitative estimate of drug-likeness (QED) is 0.113. The van der Waals surface area contributed by atoms with E-state index in [0.717, 1.165) is 16.0 Å². The third kappa shape index (κ3) is 8.30. The van der Waals surface area contributed by atoms with Crippen molar-refractivity contribution in [1.82, 2.24) is 5.32 Å². The molecule has 6 nitrogen and oxygen atoms in total. The zero-order valence-electron chi connectivity index (χ0n) is 23.4. The minimum absolute atomic E-state index is 0.0881. The van der Waals surface area contributed by atoms with Gasteiger partial charge in [-0.3, -0.25) is 14.4 Å². The van der Waals surface area contributed by atoms with Gasteiger partial charge in [0.15, 0.2) is 0 Å². The summed E-state index contributed by atoms with van der Waals surface area (Å²) in [5, 5.41) is 7.86. The van der Waals surface area contributed by atoms with Gasteiger partial charge >= 0.3 is 0 Å². The van der Waals surface area contributed by atoms with E-state index < -0.39 is 17.1 Å². The van der Waals surface area contributed by atoms with Gasteiger partial charge in [0.25, 0.3) is 11.8 Å². The highest BCUT2D eigenvalue weighted by molar-refractivity contribution is 8.00. The predicted molar refractivity (Wildman–Crippen MR) is 173 cm³/mol. The van der Waals surface area contributed by atoms with Crippen LogP contribution in [0.4, 0.5) is 15.8 Å². The van der Waals surface area contributed by atoms with E-state index >= 15 is 0 Å². The molecule has 5 aromatic rings. The normalized spacial score (nSPS) is 11.7. The van der Waals surface area contributed by atoms with E-state index in [2.05, 4.69) is 16.0 Å². The molecule has 1 unspecified atom stereocenters. The lowest BCUT2D eigenvalue weighted by Gasteiger charge is -2.17. The molecule has 3 amide bonds. The number of amides is 3. The van der Waals surface area contributed by atoms with Gasteiger partial charge in [-0.2, -0.15) is 0 Å². The number of carbonyl (C=O) groups excluding carboxylic acids is 3. The SMILES string of the molecule is O=C(Nc1ccc(SC(C(=O)Nc2ccc(F)cc2)c2ccccc2)cc1)/C(=C/c1ccccc1)NC(=O)c1ccccc1. The molecular formula is C36H28FN3O3S. The van der Waals surface area contributed by atoms with Gasteiger partial charge in [0.2, 0.25) is 5.91 Å². The van der Waals surface area contributed by atoms with Crippen LogP contribution in [0.5, 0.6) is 0 Å². The molecule has 0 radical (unpaired) electrons. The van der Waals surface area contributed by atoms with E-state index in [0.29, 0.717) is 16.9 Å². The van der Waals surface area contributed by atoms with Gasteiger partial charge in [0.1, 0.15) is 16.8 Å². The van der Waals surface area contributed by atoms with Crippen LogP contribution in [0.15, 0.2) is 150 Å². The minimum Gasteiger partial charge on any atom is -0.325 e. The molecule has 5 rings (SSSR count). The second kappa shape index (κ2) is 14.6. The molecule has 0 bridgehead atoms. The van der Waals surface area contributed by atoms with E-state index in [9.17, 15) is 18.8 Å². The van der Waals surface area contributed by atoms with Crippen LogP contribution in [0.3, 0.4) is 0 Å². The standard InChI is InChI=1S/C36H28FN3O3S/c37-28-16-18-29(19-17-28)39-36(43)33(26-12-6-2-7-13-26)44-31-22-20-30(21-23-31)38-35(42)32(24-25-10-4-1-5-11-25)40-34(41)27-14-8-3-9-15-27/h1-24,33H,(H,38,42)(H,39,43)(H,40,41)/b32-24-. The Balaban J connectivity index is 1.31. The number of hydrogen-bond donors (Lipinski definition) is 3. The summed E-state index contributed by atoms with van der Waals surface area (Å²) in [7, 11) is 0. The summed E-state index contributed by atoms with van der Waals surface area (Å²) in [6.45, 7) is 0. The first-order valence-electron chi connectivity index (χ1n) is 13.8. The topological polar surface area (TPSA) is 87.3 Å². The van der Waals surface area contributed by atoms with Crippen LogP contribution in [0.1, 0.15) is 26.7 Å². The van der Waals surface area contributed by atoms with Gasteiger partial charge in [-0.1, -0.05) is 78.9 Å². The Morgan fingerprint density at radius 1 is 0.636 bits per heavy atom. The third-order valence-corrected chi connectivity index (χ3v) is 7.72. The Morgan fingerprint density at radius 2 is 1.18 bits per heavy atom. The number of hydrogen-bond acceptors (Lipinski definition) is 4. The van der Waals surface area contributed by atoms with Crippen molar-refractivity contribution in [2.24, 2.45) is 0 Å². The fourth-order valence-electron chi connectivity index (χ4n) is 4.25. The van der Waals surface area contributed by atoms with Crippen LogP contribution in [0.25, 0.3) is 6.08 Å². The number of halogens is 1. The Labute approximate surface area is 259 Å². The van der Waals surface area contributed by atoms with Crippen LogP contribution < -0.4 is 16.0 Å². The minimum atomic E-state index is -0.588. The molecule has 0 aliphatic carbocycles. The van der Waals surface area contributed by atoms with Crippen molar-refractivity contribution in [3.8, 4) is 0 Å². The fourth-order valence-corrected chi connectivity index (χ4v) is 5.28. The van der Waals surface area contributed by atoms with Crippen molar-refractivity contribution in [2.45, 2.75) is 10.1 Å². The van der Waals surface area contributed by atoms with E-state index in [4.69, 9.17) is 0 Å². The van der Waals surface area contributed by atoms with Gasteiger partial charge in [0, 0.05) is 21.8 Å². The van der Waals surface area contributed by atoms with E-state index in [1.165, 1.54) is 36.0 Å². The first-order chi connectivity index (χ1) is 21.4. The molecule has 5 aromatic carbocycles. The Morgan fingerprint density at radius 3 is 1.82 bits per heavy atom. The van der Waals surface area contributed by atoms with E-state index in [-0.39, 0.29) is 17.4 Å². The Bertz CT molecular complexity index is 1750. The van der Waals surface area contributed by atoms with Gasteiger partial charge in [0.05, 0.1) is 0 Å². The van der Waals surface area contributed by atoms with Crippen LogP contribution in [0.2, 0.25) is 0 Å². The lowest BCUT2D eigenvalue weighted by molar-refractivity contribution is -0.116. The lowest BCUT2D eigenvalue weighted by Crippen LogP contribution is -2.30. The van der Waals surface area contributed by atoms with Crippen LogP contribution in [0, 0.1) is 5.82 Å². The van der Waals surface area contributed by atoms with Crippen molar-refractivity contribution < 1.29 is 18.8 Å². The molecule has 44 heavy (non-hydrogen) atoms. The summed E-state index contributed by atoms with van der Waals surface area (Å²) in [5.41, 5.74) is 3.08. The highest BCUT2D eigenvalue weighted by atomic mass is 32.2. The molecule has 8 heteroatoms. The number of nitrogens with one attached hydrogen (secondary N) is 3. The largest absolute Gasteiger partial charge is 0.325 e. The van der Waals surface area contributed by atoms with Gasteiger partial charge in [-0.05, 0) is 77.9 Å². The molecule has 0 aliphatic rings. The van der Waals surface area contributed by atoms with Gasteiger partial charge in [-0.15, -0.1) is 11.8 Å². The Hall–Kier alpha value is -5.47. The van der Waals surface area contributed by atoms with Crippen molar-refractivity contribution in [2.75, 3.05) is 10.6 Å². The second-order valence-corrected chi connectivity index (χ2v) is 10.9. The smallest absolute Gasteiger partial charge is 0.272 e. The first kappa shape index (κ1) is 30.0. The van der Waals surface area contributed by atoms with Gasteiger partial charge in [-0.25, -0.2) is 4.39 Å². The molecule has 0 heterocycles. The summed E-state index contributed by atoms with van der Waals surface area (Å²) in [5.74, 6) is -1.53. The lowest BCUT2D eigenvalue weighted by atomic mass is 10.1. The fraction of sp³-hybridized carbons (Fsp3) is 0.0278. The van der Waals surface area contributed by atoms with Crippen molar-refractivity contribution >= 4 is 46.9 Å². The molecule has 0 saturated heterocycles. The van der Waals surface area contributed by atoms with Crippen LogP contribution in [-0.2, 0) is 9.59 Å². The predicted octanol–water partition coefficient (Wildman–Crippen LogP) is 7.71. The first-order valence-corrected chi connectivity index (χ1v) is 14.7. The molecule has 3 N–H and O–H groups in total. The van der Waals surface area contributed by atoms with Gasteiger partial charge < -0.3 is 16.0 Å². The number of benzene rings is 5. The molecule has 0 aromatic heterocycles. The van der Waals surface area contributed by atoms with Crippen LogP contribution in [-0.4, -0.2) is 17.7 Å². The number of anilines is 2. The third-order valence-electron chi connectivity index (χ3n) is 6.46. The summed E-state index contributed by atoms with van der Waals surface area (Å²) in [6.07, 6.45) is 1.62. The molecule has 1 atom stereocenters. The number of carbonyl (C=O) groups is 3. The van der Waals surface area contributed by atoms with Crippen molar-refractivity contribution in [3.63, 3.8) is 0 Å². The highest BCUT2D eigenvalue weighted by Gasteiger charge is 2.22. The highest BCUT2D eigenvalue weighted by Crippen LogP contribution is 2.36. The second-order valence-electron chi connectivity index (χ2n) is 9.67. The molecule has 0 fully saturated rings. The summed E-state index contributed by atoms with van der Waals surface area (Å²) >= 11 is 1.35.